The Morgan fingerprint density at radius 1 is 1.22 bits per heavy atom. The monoisotopic (exact) mass is 255 g/mol. The molecule has 104 valence electrons. The topological polar surface area (TPSA) is 47.0 Å². The Labute approximate surface area is 109 Å². The molecule has 0 bridgehead atoms. The van der Waals surface area contributed by atoms with Gasteiger partial charge in [-0.15, -0.1) is 0 Å². The van der Waals surface area contributed by atoms with E-state index in [1.807, 2.05) is 4.90 Å². The second-order valence-corrected chi connectivity index (χ2v) is 5.75. The molecule has 18 heavy (non-hydrogen) atoms. The molecular weight excluding hydrogens is 230 g/mol. The van der Waals surface area contributed by atoms with Crippen molar-refractivity contribution in [3.63, 3.8) is 0 Å². The largest absolute Gasteiger partial charge is 0.392 e. The molecule has 2 unspecified atom stereocenters. The third-order valence-electron chi connectivity index (χ3n) is 4.22. The van der Waals surface area contributed by atoms with Crippen LogP contribution in [-0.4, -0.2) is 84.7 Å². The third-order valence-corrected chi connectivity index (χ3v) is 4.22. The molecule has 0 spiro atoms. The highest BCUT2D eigenvalue weighted by atomic mass is 16.3. The van der Waals surface area contributed by atoms with Gasteiger partial charge in [0.2, 0.25) is 5.91 Å². The Kier molecular flexibility index (Phi) is 4.59. The lowest BCUT2D eigenvalue weighted by Crippen LogP contribution is -2.52. The molecule has 0 aliphatic carbocycles. The number of amides is 1. The summed E-state index contributed by atoms with van der Waals surface area (Å²) in [5.74, 6) is 0.574. The van der Waals surface area contributed by atoms with Crippen molar-refractivity contribution in [1.29, 1.82) is 0 Å². The number of hydrogen-bond donors (Lipinski definition) is 1. The van der Waals surface area contributed by atoms with Crippen molar-refractivity contribution in [1.82, 2.24) is 14.7 Å². The fraction of sp³-hybridized carbons (Fsp3) is 0.923. The molecule has 2 aliphatic heterocycles. The molecule has 0 aromatic carbocycles. The molecular formula is C13H25N3O2. The van der Waals surface area contributed by atoms with E-state index in [4.69, 9.17) is 0 Å². The van der Waals surface area contributed by atoms with Crippen LogP contribution < -0.4 is 0 Å². The molecule has 1 amide bonds. The lowest BCUT2D eigenvalue weighted by Gasteiger charge is -2.37. The highest BCUT2D eigenvalue weighted by Crippen LogP contribution is 2.16. The first-order chi connectivity index (χ1) is 8.56. The van der Waals surface area contributed by atoms with Crippen LogP contribution in [0.1, 0.15) is 13.3 Å². The number of likely N-dealkylation sites (N-methyl/N-ethyl adjacent to an activating group) is 1. The second kappa shape index (κ2) is 5.99. The van der Waals surface area contributed by atoms with E-state index in [0.717, 1.165) is 39.1 Å². The maximum atomic E-state index is 12.1. The number of β-amino-alcohol motifs (C(OH)–C–C–N with tert-alkyl or cyclic N) is 1. The smallest absolute Gasteiger partial charge is 0.236 e. The van der Waals surface area contributed by atoms with Gasteiger partial charge in [0.15, 0.2) is 0 Å². The van der Waals surface area contributed by atoms with E-state index in [1.54, 1.807) is 0 Å². The van der Waals surface area contributed by atoms with Crippen LogP contribution in [-0.2, 0) is 4.79 Å². The van der Waals surface area contributed by atoms with Crippen molar-refractivity contribution in [2.75, 3.05) is 52.9 Å². The summed E-state index contributed by atoms with van der Waals surface area (Å²) in [6.07, 6.45) is 0.705. The fourth-order valence-electron chi connectivity index (χ4n) is 2.61. The lowest BCUT2D eigenvalue weighted by atomic mass is 9.96. The Bertz CT molecular complexity index is 290. The highest BCUT2D eigenvalue weighted by Gasteiger charge is 2.27. The first kappa shape index (κ1) is 13.8. The number of piperidine rings is 1. The summed E-state index contributed by atoms with van der Waals surface area (Å²) < 4.78 is 0. The molecule has 2 atom stereocenters. The Balaban J connectivity index is 1.77. The van der Waals surface area contributed by atoms with Crippen molar-refractivity contribution >= 4 is 5.91 Å². The summed E-state index contributed by atoms with van der Waals surface area (Å²) in [6, 6.07) is 0. The summed E-state index contributed by atoms with van der Waals surface area (Å²) in [5.41, 5.74) is 0. The summed E-state index contributed by atoms with van der Waals surface area (Å²) in [5, 5.41) is 9.83. The van der Waals surface area contributed by atoms with Gasteiger partial charge < -0.3 is 14.9 Å². The summed E-state index contributed by atoms with van der Waals surface area (Å²) in [7, 11) is 2.09. The van der Waals surface area contributed by atoms with Crippen molar-refractivity contribution < 1.29 is 9.90 Å². The average molecular weight is 255 g/mol. The normalized spacial score (nSPS) is 31.6. The summed E-state index contributed by atoms with van der Waals surface area (Å²) in [6.45, 7) is 7.71. The van der Waals surface area contributed by atoms with Crippen LogP contribution in [0.25, 0.3) is 0 Å². The van der Waals surface area contributed by atoms with Crippen LogP contribution in [0.3, 0.4) is 0 Å². The Hall–Kier alpha value is -0.650. The van der Waals surface area contributed by atoms with Gasteiger partial charge in [0.05, 0.1) is 12.6 Å². The molecule has 0 radical (unpaired) electrons. The van der Waals surface area contributed by atoms with Gasteiger partial charge >= 0.3 is 0 Å². The van der Waals surface area contributed by atoms with E-state index in [9.17, 15) is 9.90 Å². The van der Waals surface area contributed by atoms with Crippen LogP contribution in [0.4, 0.5) is 0 Å². The maximum Gasteiger partial charge on any atom is 0.236 e. The van der Waals surface area contributed by atoms with Gasteiger partial charge in [0, 0.05) is 32.7 Å². The Morgan fingerprint density at radius 3 is 2.50 bits per heavy atom. The number of nitrogens with zero attached hydrogens (tertiary/aromatic N) is 3. The molecule has 5 nitrogen and oxygen atoms in total. The van der Waals surface area contributed by atoms with Crippen molar-refractivity contribution in [3.8, 4) is 0 Å². The zero-order valence-electron chi connectivity index (χ0n) is 11.5. The van der Waals surface area contributed by atoms with E-state index in [2.05, 4.69) is 23.8 Å². The molecule has 2 aliphatic rings. The summed E-state index contributed by atoms with van der Waals surface area (Å²) in [4.78, 5) is 18.4. The fourth-order valence-corrected chi connectivity index (χ4v) is 2.61. The quantitative estimate of drug-likeness (QED) is 0.720. The van der Waals surface area contributed by atoms with E-state index in [-0.39, 0.29) is 12.0 Å². The van der Waals surface area contributed by atoms with Crippen molar-refractivity contribution in [3.05, 3.63) is 0 Å². The van der Waals surface area contributed by atoms with Crippen LogP contribution >= 0.6 is 0 Å². The van der Waals surface area contributed by atoms with Gasteiger partial charge in [-0.05, 0) is 25.9 Å². The van der Waals surface area contributed by atoms with Crippen molar-refractivity contribution in [2.24, 2.45) is 5.92 Å². The average Bonchev–Trinajstić information content (AvgIpc) is 2.34. The minimum absolute atomic E-state index is 0.213. The first-order valence-corrected chi connectivity index (χ1v) is 6.93. The SMILES string of the molecule is CC1CCN(CC(=O)N2CCN(C)CC2)CC1O. The van der Waals surface area contributed by atoms with Gasteiger partial charge in [0.25, 0.3) is 0 Å². The van der Waals surface area contributed by atoms with Crippen LogP contribution in [0.5, 0.6) is 0 Å². The molecule has 2 saturated heterocycles. The van der Waals surface area contributed by atoms with E-state index in [1.165, 1.54) is 0 Å². The van der Waals surface area contributed by atoms with E-state index in [0.29, 0.717) is 19.0 Å². The van der Waals surface area contributed by atoms with E-state index >= 15 is 0 Å². The van der Waals surface area contributed by atoms with Gasteiger partial charge in [-0.25, -0.2) is 0 Å². The minimum Gasteiger partial charge on any atom is -0.392 e. The third kappa shape index (κ3) is 3.43. The molecule has 1 N–H and O–H groups in total. The zero-order chi connectivity index (χ0) is 13.1. The number of aliphatic hydroxyl groups is 1. The maximum absolute atomic E-state index is 12.1. The molecule has 2 rings (SSSR count). The number of carbonyl (C=O) groups is 1. The Morgan fingerprint density at radius 2 is 1.89 bits per heavy atom. The van der Waals surface area contributed by atoms with Crippen molar-refractivity contribution in [2.45, 2.75) is 19.4 Å². The van der Waals surface area contributed by atoms with Gasteiger partial charge in [0.1, 0.15) is 0 Å². The highest BCUT2D eigenvalue weighted by molar-refractivity contribution is 5.78. The van der Waals surface area contributed by atoms with Crippen LogP contribution in [0.15, 0.2) is 0 Å². The predicted molar refractivity (Wildman–Crippen MR) is 70.3 cm³/mol. The second-order valence-electron chi connectivity index (χ2n) is 5.75. The van der Waals surface area contributed by atoms with Gasteiger partial charge in [-0.1, -0.05) is 6.92 Å². The van der Waals surface area contributed by atoms with Crippen LogP contribution in [0, 0.1) is 5.92 Å². The number of likely N-dealkylation sites (tertiary alicyclic amines) is 1. The number of carbonyl (C=O) groups excluding carboxylic acids is 1. The van der Waals surface area contributed by atoms with Crippen LogP contribution in [0.2, 0.25) is 0 Å². The molecule has 0 aromatic rings. The van der Waals surface area contributed by atoms with Gasteiger partial charge in [-0.2, -0.15) is 0 Å². The predicted octanol–water partition coefficient (Wildman–Crippen LogP) is -0.537. The molecule has 2 heterocycles. The molecule has 0 saturated carbocycles. The number of aliphatic hydroxyl groups excluding tert-OH is 1. The first-order valence-electron chi connectivity index (χ1n) is 6.93. The molecule has 0 aromatic heterocycles. The van der Waals surface area contributed by atoms with Gasteiger partial charge in [-0.3, -0.25) is 9.69 Å². The van der Waals surface area contributed by atoms with E-state index < -0.39 is 0 Å². The minimum atomic E-state index is -0.279. The zero-order valence-corrected chi connectivity index (χ0v) is 11.5. The number of piperazine rings is 1. The summed E-state index contributed by atoms with van der Waals surface area (Å²) >= 11 is 0. The number of rotatable bonds is 2. The lowest BCUT2D eigenvalue weighted by molar-refractivity contribution is -0.135. The standard InChI is InChI=1S/C13H25N3O2/c1-11-3-4-15(9-12(11)17)10-13(18)16-7-5-14(2)6-8-16/h11-12,17H,3-10H2,1-2H3. The number of hydrogen-bond acceptors (Lipinski definition) is 4. The molecule has 5 heteroatoms. The molecule has 2 fully saturated rings.